The van der Waals surface area contributed by atoms with Crippen molar-refractivity contribution < 1.29 is 22.3 Å². The van der Waals surface area contributed by atoms with Gasteiger partial charge in [-0.25, -0.2) is 9.37 Å². The Labute approximate surface area is 112 Å². The molecule has 0 fully saturated rings. The van der Waals surface area contributed by atoms with Gasteiger partial charge in [-0.3, -0.25) is 0 Å². The zero-order valence-electron chi connectivity index (χ0n) is 10.3. The van der Waals surface area contributed by atoms with E-state index in [0.717, 1.165) is 12.3 Å². The second kappa shape index (κ2) is 4.99. The lowest BCUT2D eigenvalue weighted by Gasteiger charge is -2.13. The molecule has 0 spiro atoms. The topological polar surface area (TPSA) is 48.1 Å². The molecule has 0 saturated heterocycles. The van der Waals surface area contributed by atoms with Gasteiger partial charge in [-0.1, -0.05) is 0 Å². The van der Waals surface area contributed by atoms with Gasteiger partial charge >= 0.3 is 6.18 Å². The quantitative estimate of drug-likeness (QED) is 0.851. The molecule has 3 nitrogen and oxygen atoms in total. The molecule has 2 N–H and O–H groups in total. The summed E-state index contributed by atoms with van der Waals surface area (Å²) in [5.74, 6) is -0.423. The number of benzene rings is 1. The van der Waals surface area contributed by atoms with Crippen LogP contribution in [0.1, 0.15) is 11.3 Å². The molecule has 0 atom stereocenters. The van der Waals surface area contributed by atoms with Crippen LogP contribution < -0.4 is 10.5 Å². The first kappa shape index (κ1) is 14.1. The van der Waals surface area contributed by atoms with E-state index < -0.39 is 17.7 Å². The largest absolute Gasteiger partial charge is 0.455 e. The van der Waals surface area contributed by atoms with Crippen molar-refractivity contribution in [3.8, 4) is 11.5 Å². The van der Waals surface area contributed by atoms with Crippen molar-refractivity contribution in [2.24, 2.45) is 0 Å². The summed E-state index contributed by atoms with van der Waals surface area (Å²) in [7, 11) is 0. The molecule has 0 amide bonds. The summed E-state index contributed by atoms with van der Waals surface area (Å²) in [6.07, 6.45) is -3.72. The fraction of sp³-hybridized carbons (Fsp3) is 0.154. The van der Waals surface area contributed by atoms with Crippen LogP contribution in [0.4, 0.5) is 23.2 Å². The highest BCUT2D eigenvalue weighted by atomic mass is 19.4. The molecule has 0 unspecified atom stereocenters. The van der Waals surface area contributed by atoms with Crippen LogP contribution in [0.5, 0.6) is 11.5 Å². The Morgan fingerprint density at radius 1 is 1.15 bits per heavy atom. The minimum absolute atomic E-state index is 0.0401. The number of ether oxygens (including phenoxy) is 1. The maximum atomic E-state index is 12.9. The molecule has 0 radical (unpaired) electrons. The number of hydrogen-bond acceptors (Lipinski definition) is 3. The van der Waals surface area contributed by atoms with Crippen molar-refractivity contribution in [2.75, 3.05) is 5.73 Å². The number of nitrogens with two attached hydrogens (primary N) is 1. The number of nitrogens with zero attached hydrogens (tertiary/aromatic N) is 1. The monoisotopic (exact) mass is 286 g/mol. The number of anilines is 1. The van der Waals surface area contributed by atoms with E-state index in [1.54, 1.807) is 6.92 Å². The van der Waals surface area contributed by atoms with Gasteiger partial charge in [0.2, 0.25) is 0 Å². The van der Waals surface area contributed by atoms with Gasteiger partial charge in [0.25, 0.3) is 0 Å². The van der Waals surface area contributed by atoms with E-state index in [-0.39, 0.29) is 17.2 Å². The number of pyridine rings is 1. The van der Waals surface area contributed by atoms with Gasteiger partial charge in [-0.15, -0.1) is 0 Å². The second-order valence-electron chi connectivity index (χ2n) is 4.12. The molecule has 0 aliphatic heterocycles. The Hall–Kier alpha value is -2.31. The summed E-state index contributed by atoms with van der Waals surface area (Å²) >= 11 is 0. The molecule has 1 aromatic carbocycles. The van der Waals surface area contributed by atoms with E-state index in [1.165, 1.54) is 12.1 Å². The average molecular weight is 286 g/mol. The molecule has 2 aromatic rings. The summed E-state index contributed by atoms with van der Waals surface area (Å²) in [4.78, 5) is 3.20. The van der Waals surface area contributed by atoms with Gasteiger partial charge < -0.3 is 10.5 Å². The number of nitrogen functional groups attached to an aromatic ring is 1. The van der Waals surface area contributed by atoms with Gasteiger partial charge in [0.05, 0.1) is 11.9 Å². The molecule has 0 bridgehead atoms. The Bertz CT molecular complexity index is 641. The summed E-state index contributed by atoms with van der Waals surface area (Å²) in [5.41, 5.74) is 4.82. The van der Waals surface area contributed by atoms with Gasteiger partial charge in [-0.05, 0) is 30.7 Å². The number of aromatic nitrogens is 1. The predicted molar refractivity (Wildman–Crippen MR) is 64.9 cm³/mol. The summed E-state index contributed by atoms with van der Waals surface area (Å²) in [6, 6.07) is 4.37. The molecule has 1 heterocycles. The second-order valence-corrected chi connectivity index (χ2v) is 4.12. The Morgan fingerprint density at radius 2 is 1.85 bits per heavy atom. The third-order valence-corrected chi connectivity index (χ3v) is 2.54. The van der Waals surface area contributed by atoms with E-state index in [4.69, 9.17) is 10.5 Å². The molecule has 7 heteroatoms. The highest BCUT2D eigenvalue weighted by Gasteiger charge is 2.33. The Kier molecular flexibility index (Phi) is 3.52. The minimum Gasteiger partial charge on any atom is -0.455 e. The van der Waals surface area contributed by atoms with Gasteiger partial charge in [0.1, 0.15) is 17.3 Å². The number of rotatable bonds is 2. The zero-order chi connectivity index (χ0) is 14.9. The van der Waals surface area contributed by atoms with Crippen LogP contribution in [0.25, 0.3) is 0 Å². The van der Waals surface area contributed by atoms with Crippen LogP contribution in [0, 0.1) is 12.7 Å². The van der Waals surface area contributed by atoms with Gasteiger partial charge in [0, 0.05) is 6.07 Å². The molecule has 0 saturated carbocycles. The van der Waals surface area contributed by atoms with Crippen LogP contribution in [0.3, 0.4) is 0 Å². The molecular formula is C13H10F4N2O. The first-order valence-electron chi connectivity index (χ1n) is 5.54. The number of hydrogen-bond donors (Lipinski definition) is 1. The van der Waals surface area contributed by atoms with Crippen LogP contribution in [0.2, 0.25) is 0 Å². The third-order valence-electron chi connectivity index (χ3n) is 2.54. The van der Waals surface area contributed by atoms with Crippen LogP contribution in [0.15, 0.2) is 30.5 Å². The van der Waals surface area contributed by atoms with E-state index in [2.05, 4.69) is 4.98 Å². The fourth-order valence-electron chi connectivity index (χ4n) is 1.54. The molecule has 20 heavy (non-hydrogen) atoms. The van der Waals surface area contributed by atoms with Crippen molar-refractivity contribution in [3.05, 3.63) is 47.5 Å². The summed E-state index contributed by atoms with van der Waals surface area (Å²) in [5, 5.41) is 0. The number of halogens is 4. The van der Waals surface area contributed by atoms with Crippen molar-refractivity contribution in [2.45, 2.75) is 13.1 Å². The van der Waals surface area contributed by atoms with Crippen molar-refractivity contribution in [3.63, 3.8) is 0 Å². The Balaban J connectivity index is 2.38. The Morgan fingerprint density at radius 3 is 2.45 bits per heavy atom. The number of aryl methyl sites for hydroxylation is 1. The lowest BCUT2D eigenvalue weighted by molar-refractivity contribution is -0.141. The SMILES string of the molecule is Cc1cc(F)ccc1Oc1cc(C(F)(F)F)ncc1N. The third kappa shape index (κ3) is 2.98. The fourth-order valence-corrected chi connectivity index (χ4v) is 1.54. The van der Waals surface area contributed by atoms with Crippen molar-refractivity contribution >= 4 is 5.69 Å². The zero-order valence-corrected chi connectivity index (χ0v) is 10.3. The maximum absolute atomic E-state index is 12.9. The molecule has 1 aromatic heterocycles. The van der Waals surface area contributed by atoms with Crippen LogP contribution >= 0.6 is 0 Å². The summed E-state index contributed by atoms with van der Waals surface area (Å²) in [6.45, 7) is 1.57. The molecule has 0 aliphatic carbocycles. The molecular weight excluding hydrogens is 276 g/mol. The highest BCUT2D eigenvalue weighted by molar-refractivity contribution is 5.53. The highest BCUT2D eigenvalue weighted by Crippen LogP contribution is 2.35. The smallest absolute Gasteiger partial charge is 0.433 e. The standard InChI is InChI=1S/C13H10F4N2O/c1-7-4-8(14)2-3-10(7)20-11-5-12(13(15,16)17)19-6-9(11)18/h2-6H,18H2,1H3. The summed E-state index contributed by atoms with van der Waals surface area (Å²) < 4.78 is 55.9. The van der Waals surface area contributed by atoms with Crippen molar-refractivity contribution in [1.29, 1.82) is 0 Å². The molecule has 0 aliphatic rings. The van der Waals surface area contributed by atoms with Crippen LogP contribution in [-0.4, -0.2) is 4.98 Å². The van der Waals surface area contributed by atoms with E-state index >= 15 is 0 Å². The molecule has 106 valence electrons. The van der Waals surface area contributed by atoms with Gasteiger partial charge in [-0.2, -0.15) is 13.2 Å². The normalized spacial score (nSPS) is 11.4. The van der Waals surface area contributed by atoms with Crippen molar-refractivity contribution in [1.82, 2.24) is 4.98 Å². The first-order valence-corrected chi connectivity index (χ1v) is 5.54. The maximum Gasteiger partial charge on any atom is 0.433 e. The lowest BCUT2D eigenvalue weighted by Crippen LogP contribution is -2.08. The minimum atomic E-state index is -4.59. The predicted octanol–water partition coefficient (Wildman–Crippen LogP) is 3.92. The number of alkyl halides is 3. The van der Waals surface area contributed by atoms with E-state index in [0.29, 0.717) is 11.6 Å². The average Bonchev–Trinajstić information content (AvgIpc) is 2.33. The molecule has 2 rings (SSSR count). The lowest BCUT2D eigenvalue weighted by atomic mass is 10.2. The van der Waals surface area contributed by atoms with E-state index in [1.807, 2.05) is 0 Å². The van der Waals surface area contributed by atoms with Crippen LogP contribution in [-0.2, 0) is 6.18 Å². The van der Waals surface area contributed by atoms with Gasteiger partial charge in [0.15, 0.2) is 5.75 Å². The van der Waals surface area contributed by atoms with E-state index in [9.17, 15) is 17.6 Å². The first-order chi connectivity index (χ1) is 9.27.